The minimum absolute atomic E-state index is 0.914. The number of pyridine rings is 1. The van der Waals surface area contributed by atoms with E-state index < -0.39 is 0 Å². The van der Waals surface area contributed by atoms with E-state index >= 15 is 0 Å². The highest BCUT2D eigenvalue weighted by Crippen LogP contribution is 2.24. The second-order valence-electron chi connectivity index (χ2n) is 3.07. The molecule has 0 N–H and O–H groups in total. The van der Waals surface area contributed by atoms with E-state index in [0.717, 1.165) is 15.9 Å². The summed E-state index contributed by atoms with van der Waals surface area (Å²) in [4.78, 5) is 5.54. The van der Waals surface area contributed by atoms with E-state index in [9.17, 15) is 0 Å². The Morgan fingerprint density at radius 2 is 2.07 bits per heavy atom. The fraction of sp³-hybridized carbons (Fsp3) is 0.0833. The van der Waals surface area contributed by atoms with Crippen molar-refractivity contribution in [3.05, 3.63) is 58.8 Å². The fourth-order valence-corrected chi connectivity index (χ4v) is 2.62. The van der Waals surface area contributed by atoms with Crippen molar-refractivity contribution >= 4 is 27.7 Å². The predicted octanol–water partition coefficient (Wildman–Crippen LogP) is 4.14. The van der Waals surface area contributed by atoms with Gasteiger partial charge in [-0.2, -0.15) is 0 Å². The smallest absolute Gasteiger partial charge is 0.0506 e. The molecule has 3 heteroatoms. The van der Waals surface area contributed by atoms with Gasteiger partial charge in [0.15, 0.2) is 0 Å². The molecule has 0 aliphatic carbocycles. The highest BCUT2D eigenvalue weighted by Gasteiger charge is 1.97. The van der Waals surface area contributed by atoms with Gasteiger partial charge in [-0.15, -0.1) is 11.8 Å². The van der Waals surface area contributed by atoms with Crippen molar-refractivity contribution in [1.29, 1.82) is 0 Å². The van der Waals surface area contributed by atoms with Crippen LogP contribution < -0.4 is 0 Å². The summed E-state index contributed by atoms with van der Waals surface area (Å²) < 4.78 is 1.12. The number of halogens is 1. The Hall–Kier alpha value is -0.800. The molecule has 76 valence electrons. The summed E-state index contributed by atoms with van der Waals surface area (Å²) in [7, 11) is 0. The molecule has 1 heterocycles. The third-order valence-corrected chi connectivity index (χ3v) is 3.43. The zero-order valence-corrected chi connectivity index (χ0v) is 10.5. The highest BCUT2D eigenvalue weighted by atomic mass is 79.9. The molecule has 0 saturated heterocycles. The Kier molecular flexibility index (Phi) is 3.80. The number of benzene rings is 1. The zero-order valence-electron chi connectivity index (χ0n) is 8.06. The number of nitrogens with zero attached hydrogens (tertiary/aromatic N) is 1. The van der Waals surface area contributed by atoms with Crippen LogP contribution in [0.25, 0.3) is 0 Å². The molecule has 0 amide bonds. The van der Waals surface area contributed by atoms with E-state index in [-0.39, 0.29) is 0 Å². The van der Waals surface area contributed by atoms with Gasteiger partial charge in [0.05, 0.1) is 5.69 Å². The van der Waals surface area contributed by atoms with Crippen LogP contribution in [0.1, 0.15) is 5.69 Å². The van der Waals surface area contributed by atoms with Gasteiger partial charge in [-0.05, 0) is 30.3 Å². The van der Waals surface area contributed by atoms with E-state index in [0.29, 0.717) is 0 Å². The van der Waals surface area contributed by atoms with Gasteiger partial charge in [-0.3, -0.25) is 4.98 Å². The molecule has 0 aliphatic rings. The molecule has 1 aromatic heterocycles. The first-order valence-corrected chi connectivity index (χ1v) is 6.41. The van der Waals surface area contributed by atoms with Crippen LogP contribution in [0.2, 0.25) is 0 Å². The molecular weight excluding hydrogens is 270 g/mol. The molecule has 15 heavy (non-hydrogen) atoms. The topological polar surface area (TPSA) is 12.9 Å². The monoisotopic (exact) mass is 279 g/mol. The highest BCUT2D eigenvalue weighted by molar-refractivity contribution is 9.10. The Bertz CT molecular complexity index is 431. The third kappa shape index (κ3) is 3.36. The van der Waals surface area contributed by atoms with Crippen molar-refractivity contribution in [2.24, 2.45) is 0 Å². The average Bonchev–Trinajstić information content (AvgIpc) is 2.28. The summed E-state index contributed by atoms with van der Waals surface area (Å²) in [6, 6.07) is 14.3. The SMILES string of the molecule is Brc1cccc(SCc2ccccn2)c1. The summed E-state index contributed by atoms with van der Waals surface area (Å²) in [5.74, 6) is 0.914. The van der Waals surface area contributed by atoms with Crippen LogP contribution in [-0.2, 0) is 5.75 Å². The molecule has 1 nitrogen and oxygen atoms in total. The standard InChI is InChI=1S/C12H10BrNS/c13-10-4-3-6-12(8-10)15-9-11-5-1-2-7-14-11/h1-8H,9H2. The Balaban J connectivity index is 1.99. The van der Waals surface area contributed by atoms with Crippen LogP contribution in [0.3, 0.4) is 0 Å². The van der Waals surface area contributed by atoms with Gasteiger partial charge in [0.25, 0.3) is 0 Å². The molecule has 0 radical (unpaired) electrons. The molecule has 0 unspecified atom stereocenters. The second kappa shape index (κ2) is 5.33. The van der Waals surface area contributed by atoms with Gasteiger partial charge >= 0.3 is 0 Å². The molecule has 2 rings (SSSR count). The van der Waals surface area contributed by atoms with Gasteiger partial charge in [-0.25, -0.2) is 0 Å². The Labute approximate surface area is 102 Å². The second-order valence-corrected chi connectivity index (χ2v) is 5.03. The number of aromatic nitrogens is 1. The van der Waals surface area contributed by atoms with Gasteiger partial charge in [-0.1, -0.05) is 28.1 Å². The van der Waals surface area contributed by atoms with E-state index in [4.69, 9.17) is 0 Å². The van der Waals surface area contributed by atoms with E-state index in [1.807, 2.05) is 36.5 Å². The third-order valence-electron chi connectivity index (χ3n) is 1.91. The first-order chi connectivity index (χ1) is 7.34. The number of hydrogen-bond acceptors (Lipinski definition) is 2. The molecule has 0 fully saturated rings. The lowest BCUT2D eigenvalue weighted by Crippen LogP contribution is -1.84. The summed E-state index contributed by atoms with van der Waals surface area (Å²) >= 11 is 5.25. The Morgan fingerprint density at radius 1 is 1.13 bits per heavy atom. The van der Waals surface area contributed by atoms with Crippen molar-refractivity contribution in [2.45, 2.75) is 10.6 Å². The summed E-state index contributed by atoms with van der Waals surface area (Å²) in [6.45, 7) is 0. The summed E-state index contributed by atoms with van der Waals surface area (Å²) in [6.07, 6.45) is 1.83. The predicted molar refractivity (Wildman–Crippen MR) is 67.9 cm³/mol. The van der Waals surface area contributed by atoms with Gasteiger partial charge in [0, 0.05) is 21.3 Å². The summed E-state index contributed by atoms with van der Waals surface area (Å²) in [5, 5.41) is 0. The number of thioether (sulfide) groups is 1. The van der Waals surface area contributed by atoms with Crippen molar-refractivity contribution in [1.82, 2.24) is 4.98 Å². The average molecular weight is 280 g/mol. The van der Waals surface area contributed by atoms with Crippen LogP contribution in [0.15, 0.2) is 58.0 Å². The molecule has 1 aromatic carbocycles. The fourth-order valence-electron chi connectivity index (χ4n) is 1.20. The zero-order chi connectivity index (χ0) is 10.5. The van der Waals surface area contributed by atoms with E-state index in [1.165, 1.54) is 4.90 Å². The maximum atomic E-state index is 4.28. The Morgan fingerprint density at radius 3 is 2.80 bits per heavy atom. The van der Waals surface area contributed by atoms with E-state index in [2.05, 4.69) is 33.0 Å². The van der Waals surface area contributed by atoms with Crippen molar-refractivity contribution in [2.75, 3.05) is 0 Å². The number of rotatable bonds is 3. The maximum absolute atomic E-state index is 4.28. The molecule has 0 atom stereocenters. The van der Waals surface area contributed by atoms with Crippen LogP contribution >= 0.6 is 27.7 Å². The minimum atomic E-state index is 0.914. The normalized spacial score (nSPS) is 10.2. The number of hydrogen-bond donors (Lipinski definition) is 0. The van der Waals surface area contributed by atoms with Gasteiger partial charge in [0.1, 0.15) is 0 Å². The van der Waals surface area contributed by atoms with Crippen LogP contribution in [-0.4, -0.2) is 4.98 Å². The molecule has 0 spiro atoms. The lowest BCUT2D eigenvalue weighted by atomic mass is 10.4. The van der Waals surface area contributed by atoms with Crippen LogP contribution in [0, 0.1) is 0 Å². The lowest BCUT2D eigenvalue weighted by molar-refractivity contribution is 1.17. The minimum Gasteiger partial charge on any atom is -0.260 e. The quantitative estimate of drug-likeness (QED) is 0.784. The molecule has 0 bridgehead atoms. The molecule has 2 aromatic rings. The largest absolute Gasteiger partial charge is 0.260 e. The van der Waals surface area contributed by atoms with E-state index in [1.54, 1.807) is 11.8 Å². The lowest BCUT2D eigenvalue weighted by Gasteiger charge is -2.01. The van der Waals surface area contributed by atoms with Gasteiger partial charge in [0.2, 0.25) is 0 Å². The molecule has 0 saturated carbocycles. The summed E-state index contributed by atoms with van der Waals surface area (Å²) in [5.41, 5.74) is 1.11. The van der Waals surface area contributed by atoms with Crippen molar-refractivity contribution in [3.63, 3.8) is 0 Å². The van der Waals surface area contributed by atoms with Crippen molar-refractivity contribution < 1.29 is 0 Å². The van der Waals surface area contributed by atoms with Crippen molar-refractivity contribution in [3.8, 4) is 0 Å². The first kappa shape index (κ1) is 10.7. The molecular formula is C12H10BrNS. The first-order valence-electron chi connectivity index (χ1n) is 4.63. The molecule has 0 aliphatic heterocycles. The van der Waals surface area contributed by atoms with Crippen LogP contribution in [0.5, 0.6) is 0 Å². The van der Waals surface area contributed by atoms with Gasteiger partial charge < -0.3 is 0 Å². The maximum Gasteiger partial charge on any atom is 0.0506 e. The van der Waals surface area contributed by atoms with Crippen LogP contribution in [0.4, 0.5) is 0 Å².